The molecule has 1 rings (SSSR count). The normalized spacial score (nSPS) is 13.6. The lowest BCUT2D eigenvalue weighted by atomic mass is 10.0. The third-order valence-corrected chi connectivity index (χ3v) is 3.74. The largest absolute Gasteiger partial charge is 0.372 e. The van der Waals surface area contributed by atoms with Crippen LogP contribution in [0.1, 0.15) is 53.5 Å². The minimum atomic E-state index is -0.132. The summed E-state index contributed by atoms with van der Waals surface area (Å²) < 4.78 is 14.2. The summed E-state index contributed by atoms with van der Waals surface area (Å²) in [7, 11) is 2.06. The Morgan fingerprint density at radius 1 is 1.19 bits per heavy atom. The van der Waals surface area contributed by atoms with E-state index in [4.69, 9.17) is 0 Å². The van der Waals surface area contributed by atoms with E-state index >= 15 is 0 Å². The van der Waals surface area contributed by atoms with Gasteiger partial charge in [0.05, 0.1) is 0 Å². The van der Waals surface area contributed by atoms with E-state index in [1.54, 1.807) is 12.1 Å². The van der Waals surface area contributed by atoms with Crippen molar-refractivity contribution in [3.63, 3.8) is 0 Å². The van der Waals surface area contributed by atoms with Gasteiger partial charge in [-0.1, -0.05) is 19.9 Å². The Hall–Kier alpha value is -1.09. The molecule has 1 aromatic rings. The van der Waals surface area contributed by atoms with Gasteiger partial charge in [0, 0.05) is 36.4 Å². The van der Waals surface area contributed by atoms with E-state index < -0.39 is 0 Å². The van der Waals surface area contributed by atoms with Crippen molar-refractivity contribution in [2.24, 2.45) is 5.92 Å². The maximum Gasteiger partial charge on any atom is 0.129 e. The van der Waals surface area contributed by atoms with Crippen molar-refractivity contribution in [1.29, 1.82) is 0 Å². The van der Waals surface area contributed by atoms with Crippen molar-refractivity contribution in [3.8, 4) is 0 Å². The zero-order valence-corrected chi connectivity index (χ0v) is 14.6. The van der Waals surface area contributed by atoms with E-state index in [1.807, 2.05) is 6.07 Å². The number of halogens is 1. The molecule has 3 heteroatoms. The van der Waals surface area contributed by atoms with Crippen molar-refractivity contribution >= 4 is 5.69 Å². The topological polar surface area (TPSA) is 15.3 Å². The standard InChI is InChI=1S/C18H31FN2/c1-13(2)11-14(3)21(7)17-10-8-9-16(19)15(17)12-20-18(4,5)6/h8-10,13-14,20H,11-12H2,1-7H3. The molecule has 0 aliphatic heterocycles. The molecule has 0 fully saturated rings. The van der Waals surface area contributed by atoms with Crippen molar-refractivity contribution in [1.82, 2.24) is 5.32 Å². The van der Waals surface area contributed by atoms with E-state index in [9.17, 15) is 4.39 Å². The van der Waals surface area contributed by atoms with Crippen LogP contribution < -0.4 is 10.2 Å². The van der Waals surface area contributed by atoms with Gasteiger partial charge in [-0.05, 0) is 52.2 Å². The average molecular weight is 294 g/mol. The second kappa shape index (κ2) is 7.26. The van der Waals surface area contributed by atoms with Crippen LogP contribution in [0.2, 0.25) is 0 Å². The number of hydrogen-bond donors (Lipinski definition) is 1. The van der Waals surface area contributed by atoms with Crippen molar-refractivity contribution in [2.75, 3.05) is 11.9 Å². The minimum absolute atomic E-state index is 0.0261. The summed E-state index contributed by atoms with van der Waals surface area (Å²) in [6, 6.07) is 5.74. The quantitative estimate of drug-likeness (QED) is 0.826. The fraction of sp³-hybridized carbons (Fsp3) is 0.667. The fourth-order valence-corrected chi connectivity index (χ4v) is 2.48. The molecule has 0 aliphatic rings. The highest BCUT2D eigenvalue weighted by Gasteiger charge is 2.18. The molecule has 1 unspecified atom stereocenters. The van der Waals surface area contributed by atoms with Crippen LogP contribution in [0.15, 0.2) is 18.2 Å². The van der Waals surface area contributed by atoms with Crippen LogP contribution in [0, 0.1) is 11.7 Å². The van der Waals surface area contributed by atoms with Gasteiger partial charge in [-0.25, -0.2) is 4.39 Å². The Kier molecular flexibility index (Phi) is 6.21. The molecule has 21 heavy (non-hydrogen) atoms. The summed E-state index contributed by atoms with van der Waals surface area (Å²) in [5.41, 5.74) is 1.72. The van der Waals surface area contributed by atoms with Crippen LogP contribution in [-0.2, 0) is 6.54 Å². The molecule has 0 saturated carbocycles. The van der Waals surface area contributed by atoms with Crippen molar-refractivity contribution in [2.45, 2.75) is 66.1 Å². The van der Waals surface area contributed by atoms with E-state index in [2.05, 4.69) is 58.8 Å². The second-order valence-electron chi connectivity index (χ2n) is 7.43. The number of anilines is 1. The molecule has 0 heterocycles. The van der Waals surface area contributed by atoms with Crippen LogP contribution in [0.25, 0.3) is 0 Å². The van der Waals surface area contributed by atoms with Gasteiger partial charge in [-0.15, -0.1) is 0 Å². The maximum atomic E-state index is 14.2. The van der Waals surface area contributed by atoms with E-state index in [1.165, 1.54) is 0 Å². The molecular weight excluding hydrogens is 263 g/mol. The first-order valence-corrected chi connectivity index (χ1v) is 7.87. The van der Waals surface area contributed by atoms with Gasteiger partial charge in [-0.2, -0.15) is 0 Å². The monoisotopic (exact) mass is 294 g/mol. The van der Waals surface area contributed by atoms with Gasteiger partial charge in [-0.3, -0.25) is 0 Å². The third-order valence-electron chi connectivity index (χ3n) is 3.74. The zero-order chi connectivity index (χ0) is 16.2. The first-order valence-electron chi connectivity index (χ1n) is 7.87. The van der Waals surface area contributed by atoms with E-state index in [0.29, 0.717) is 18.5 Å². The zero-order valence-electron chi connectivity index (χ0n) is 14.6. The molecule has 120 valence electrons. The lowest BCUT2D eigenvalue weighted by molar-refractivity contribution is 0.418. The van der Waals surface area contributed by atoms with Gasteiger partial charge >= 0.3 is 0 Å². The first-order chi connectivity index (χ1) is 9.61. The molecule has 1 N–H and O–H groups in total. The summed E-state index contributed by atoms with van der Waals surface area (Å²) in [4.78, 5) is 2.20. The van der Waals surface area contributed by atoms with Gasteiger partial charge in [0.15, 0.2) is 0 Å². The summed E-state index contributed by atoms with van der Waals surface area (Å²) in [5.74, 6) is 0.500. The Morgan fingerprint density at radius 2 is 1.81 bits per heavy atom. The maximum absolute atomic E-state index is 14.2. The SMILES string of the molecule is CC(C)CC(C)N(C)c1cccc(F)c1CNC(C)(C)C. The van der Waals surface area contributed by atoms with Crippen LogP contribution in [0.5, 0.6) is 0 Å². The predicted octanol–water partition coefficient (Wildman–Crippen LogP) is 4.58. The molecule has 0 radical (unpaired) electrons. The number of hydrogen-bond acceptors (Lipinski definition) is 2. The average Bonchev–Trinajstić information content (AvgIpc) is 2.34. The highest BCUT2D eigenvalue weighted by atomic mass is 19.1. The Morgan fingerprint density at radius 3 is 2.33 bits per heavy atom. The Labute approximate surface area is 129 Å². The number of nitrogens with one attached hydrogen (secondary N) is 1. The highest BCUT2D eigenvalue weighted by Crippen LogP contribution is 2.26. The second-order valence-corrected chi connectivity index (χ2v) is 7.43. The van der Waals surface area contributed by atoms with Gasteiger partial charge in [0.1, 0.15) is 5.82 Å². The smallest absolute Gasteiger partial charge is 0.129 e. The summed E-state index contributed by atoms with van der Waals surface area (Å²) >= 11 is 0. The lowest BCUT2D eigenvalue weighted by Gasteiger charge is -2.31. The fourth-order valence-electron chi connectivity index (χ4n) is 2.48. The number of benzene rings is 1. The molecule has 1 atom stereocenters. The molecule has 0 spiro atoms. The predicted molar refractivity (Wildman–Crippen MR) is 90.3 cm³/mol. The summed E-state index contributed by atoms with van der Waals surface area (Å²) in [6.07, 6.45) is 1.10. The van der Waals surface area contributed by atoms with Gasteiger partial charge in [0.2, 0.25) is 0 Å². The molecule has 1 aromatic carbocycles. The summed E-state index contributed by atoms with van der Waals surface area (Å²) in [6.45, 7) is 13.5. The molecule has 0 aromatic heterocycles. The molecule has 0 amide bonds. The Balaban J connectivity index is 2.98. The molecule has 0 saturated heterocycles. The molecular formula is C18H31FN2. The molecule has 0 aliphatic carbocycles. The minimum Gasteiger partial charge on any atom is -0.372 e. The lowest BCUT2D eigenvalue weighted by Crippen LogP contribution is -2.37. The highest BCUT2D eigenvalue weighted by molar-refractivity contribution is 5.54. The Bertz CT molecular complexity index is 449. The van der Waals surface area contributed by atoms with Gasteiger partial charge in [0.25, 0.3) is 0 Å². The number of rotatable bonds is 6. The number of nitrogens with zero attached hydrogens (tertiary/aromatic N) is 1. The third kappa shape index (κ3) is 5.66. The molecule has 0 bridgehead atoms. The van der Waals surface area contributed by atoms with E-state index in [0.717, 1.165) is 17.7 Å². The van der Waals surface area contributed by atoms with Crippen molar-refractivity contribution in [3.05, 3.63) is 29.6 Å². The first kappa shape index (κ1) is 18.0. The van der Waals surface area contributed by atoms with Crippen molar-refractivity contribution < 1.29 is 4.39 Å². The van der Waals surface area contributed by atoms with Crippen LogP contribution >= 0.6 is 0 Å². The molecule has 2 nitrogen and oxygen atoms in total. The van der Waals surface area contributed by atoms with Gasteiger partial charge < -0.3 is 10.2 Å². The van der Waals surface area contributed by atoms with E-state index in [-0.39, 0.29) is 11.4 Å². The van der Waals surface area contributed by atoms with Crippen LogP contribution in [0.4, 0.5) is 10.1 Å². The summed E-state index contributed by atoms with van der Waals surface area (Å²) in [5, 5.41) is 3.39. The van der Waals surface area contributed by atoms with Crippen LogP contribution in [-0.4, -0.2) is 18.6 Å². The van der Waals surface area contributed by atoms with Crippen LogP contribution in [0.3, 0.4) is 0 Å².